The number of carboxylic acids is 2. The molecule has 2 atom stereocenters. The monoisotopic (exact) mass is 420 g/mol. The Morgan fingerprint density at radius 3 is 2.50 bits per heavy atom. The van der Waals surface area contributed by atoms with Crippen LogP contribution in [0.25, 0.3) is 0 Å². The number of carboxylic acid groups (broad SMARTS) is 2. The summed E-state index contributed by atoms with van der Waals surface area (Å²) in [7, 11) is 0. The zero-order valence-corrected chi connectivity index (χ0v) is 16.7. The molecule has 0 fully saturated rings. The number of Topliss-reactive ketones (excluding diaryl/α,β-unsaturated/α-hetero) is 1. The van der Waals surface area contributed by atoms with Crippen molar-refractivity contribution in [3.8, 4) is 5.75 Å². The maximum absolute atomic E-state index is 12.6. The Morgan fingerprint density at radius 2 is 1.90 bits per heavy atom. The number of rotatable bonds is 10. The molecule has 10 heteroatoms. The fraction of sp³-hybridized carbons (Fsp3) is 0.450. The van der Waals surface area contributed by atoms with Crippen LogP contribution < -0.4 is 15.0 Å². The summed E-state index contributed by atoms with van der Waals surface area (Å²) in [6, 6.07) is 3.21. The van der Waals surface area contributed by atoms with E-state index in [1.165, 1.54) is 13.0 Å². The summed E-state index contributed by atoms with van der Waals surface area (Å²) in [5, 5.41) is 20.2. The fourth-order valence-corrected chi connectivity index (χ4v) is 3.02. The van der Waals surface area contributed by atoms with Gasteiger partial charge in [0.25, 0.3) is 5.91 Å². The van der Waals surface area contributed by atoms with Crippen LogP contribution in [0.15, 0.2) is 18.2 Å². The van der Waals surface area contributed by atoms with Crippen LogP contribution in [0.2, 0.25) is 0 Å². The van der Waals surface area contributed by atoms with Gasteiger partial charge in [-0.3, -0.25) is 24.1 Å². The number of hydrogen-bond donors (Lipinski definition) is 3. The van der Waals surface area contributed by atoms with E-state index < -0.39 is 48.9 Å². The molecular weight excluding hydrogens is 396 g/mol. The highest BCUT2D eigenvalue weighted by Crippen LogP contribution is 2.35. The van der Waals surface area contributed by atoms with E-state index in [-0.39, 0.29) is 17.9 Å². The minimum absolute atomic E-state index is 0.115. The van der Waals surface area contributed by atoms with E-state index in [0.717, 1.165) is 4.90 Å². The van der Waals surface area contributed by atoms with E-state index in [4.69, 9.17) is 9.84 Å². The summed E-state index contributed by atoms with van der Waals surface area (Å²) in [6.07, 6.45) is -0.618. The maximum atomic E-state index is 12.6. The molecule has 1 aliphatic rings. The van der Waals surface area contributed by atoms with E-state index in [9.17, 15) is 29.1 Å². The van der Waals surface area contributed by atoms with E-state index in [2.05, 4.69) is 5.32 Å². The van der Waals surface area contributed by atoms with Crippen molar-refractivity contribution in [3.05, 3.63) is 23.8 Å². The lowest BCUT2D eigenvalue weighted by Gasteiger charge is -2.33. The van der Waals surface area contributed by atoms with Crippen LogP contribution in [0.1, 0.15) is 49.9 Å². The molecule has 2 rings (SSSR count). The maximum Gasteiger partial charge on any atom is 0.326 e. The molecule has 2 amide bonds. The molecule has 0 radical (unpaired) electrons. The smallest absolute Gasteiger partial charge is 0.326 e. The molecule has 162 valence electrons. The zero-order valence-electron chi connectivity index (χ0n) is 16.7. The lowest BCUT2D eigenvalue weighted by Crippen LogP contribution is -2.51. The summed E-state index contributed by atoms with van der Waals surface area (Å²) in [4.78, 5) is 60.4. The topological polar surface area (TPSA) is 150 Å². The van der Waals surface area contributed by atoms with Crippen molar-refractivity contribution in [2.75, 3.05) is 11.4 Å². The van der Waals surface area contributed by atoms with Crippen molar-refractivity contribution in [1.82, 2.24) is 5.32 Å². The van der Waals surface area contributed by atoms with Crippen LogP contribution in [-0.2, 0) is 19.2 Å². The van der Waals surface area contributed by atoms with E-state index in [1.807, 2.05) is 6.92 Å². The van der Waals surface area contributed by atoms with Gasteiger partial charge in [-0.15, -0.1) is 0 Å². The molecule has 10 nitrogen and oxygen atoms in total. The molecule has 0 aromatic heterocycles. The van der Waals surface area contributed by atoms with Gasteiger partial charge in [0.2, 0.25) is 5.91 Å². The predicted molar refractivity (Wildman–Crippen MR) is 105 cm³/mol. The molecule has 1 aromatic rings. The zero-order chi connectivity index (χ0) is 22.4. The van der Waals surface area contributed by atoms with Crippen LogP contribution in [0.5, 0.6) is 5.75 Å². The quantitative estimate of drug-likeness (QED) is 0.478. The molecule has 2 unspecified atom stereocenters. The fourth-order valence-electron chi connectivity index (χ4n) is 3.02. The van der Waals surface area contributed by atoms with Gasteiger partial charge in [0.15, 0.2) is 11.9 Å². The molecule has 0 aliphatic carbocycles. The molecule has 0 spiro atoms. The number of ketones is 1. The first-order chi connectivity index (χ1) is 14.1. The lowest BCUT2D eigenvalue weighted by molar-refractivity contribution is -0.142. The number of fused-ring (bicyclic) bond motifs is 1. The molecular formula is C20H24N2O8. The number of carbonyl (C=O) groups excluding carboxylic acids is 3. The Labute approximate surface area is 172 Å². The summed E-state index contributed by atoms with van der Waals surface area (Å²) < 4.78 is 5.54. The number of aliphatic carboxylic acids is 2. The summed E-state index contributed by atoms with van der Waals surface area (Å²) in [5.41, 5.74) is 0.615. The first-order valence-electron chi connectivity index (χ1n) is 9.53. The normalized spacial score (nSPS) is 16.3. The number of nitrogens with zero attached hydrogens (tertiary/aromatic N) is 1. The molecule has 1 aliphatic heterocycles. The average molecular weight is 420 g/mol. The standard InChI is InChI=1S/C20H24N2O8/c1-3-4-15(23)12-5-7-16-14(9-12)22(19(27)11(2)30-16)10-17(24)21-13(20(28)29)6-8-18(25)26/h5,7,9,11,13H,3-4,6,8,10H2,1-2H3,(H,21,24)(H,25,26)(H,28,29). The van der Waals surface area contributed by atoms with Gasteiger partial charge in [0.05, 0.1) is 5.69 Å². The van der Waals surface area contributed by atoms with E-state index in [0.29, 0.717) is 24.2 Å². The first-order valence-corrected chi connectivity index (χ1v) is 9.53. The second kappa shape index (κ2) is 9.86. The van der Waals surface area contributed by atoms with Gasteiger partial charge in [0, 0.05) is 18.4 Å². The van der Waals surface area contributed by atoms with Crippen molar-refractivity contribution >= 4 is 35.2 Å². The highest BCUT2D eigenvalue weighted by Gasteiger charge is 2.34. The Balaban J connectivity index is 2.23. The molecule has 0 saturated carbocycles. The van der Waals surface area contributed by atoms with Crippen LogP contribution in [0.4, 0.5) is 5.69 Å². The van der Waals surface area contributed by atoms with Crippen LogP contribution in [0.3, 0.4) is 0 Å². The second-order valence-corrected chi connectivity index (χ2v) is 6.93. The Morgan fingerprint density at radius 1 is 1.20 bits per heavy atom. The van der Waals surface area contributed by atoms with Gasteiger partial charge in [-0.2, -0.15) is 0 Å². The Kier molecular flexibility index (Phi) is 7.51. The van der Waals surface area contributed by atoms with E-state index in [1.54, 1.807) is 12.1 Å². The van der Waals surface area contributed by atoms with Crippen LogP contribution in [-0.4, -0.2) is 58.4 Å². The average Bonchev–Trinajstić information content (AvgIpc) is 2.68. The van der Waals surface area contributed by atoms with E-state index >= 15 is 0 Å². The van der Waals surface area contributed by atoms with Crippen molar-refractivity contribution in [2.45, 2.75) is 51.7 Å². The number of benzene rings is 1. The molecule has 30 heavy (non-hydrogen) atoms. The van der Waals surface area contributed by atoms with Gasteiger partial charge in [-0.25, -0.2) is 4.79 Å². The number of nitrogens with one attached hydrogen (secondary N) is 1. The SMILES string of the molecule is CCCC(=O)c1ccc2c(c1)N(CC(=O)NC(CCC(=O)O)C(=O)O)C(=O)C(C)O2. The van der Waals surface area contributed by atoms with Crippen molar-refractivity contribution in [3.63, 3.8) is 0 Å². The molecule has 1 heterocycles. The number of anilines is 1. The largest absolute Gasteiger partial charge is 0.481 e. The highest BCUT2D eigenvalue weighted by atomic mass is 16.5. The number of amides is 2. The number of hydrogen-bond acceptors (Lipinski definition) is 6. The second-order valence-electron chi connectivity index (χ2n) is 6.93. The van der Waals surface area contributed by atoms with Crippen molar-refractivity contribution in [2.24, 2.45) is 0 Å². The van der Waals surface area contributed by atoms with Crippen molar-refractivity contribution in [1.29, 1.82) is 0 Å². The van der Waals surface area contributed by atoms with Crippen molar-refractivity contribution < 1.29 is 38.9 Å². The first kappa shape index (κ1) is 22.9. The third kappa shape index (κ3) is 5.56. The van der Waals surface area contributed by atoms with Gasteiger partial charge in [0.1, 0.15) is 18.3 Å². The minimum atomic E-state index is -1.40. The Hall–Kier alpha value is -3.43. The number of ether oxygens (including phenoxy) is 1. The van der Waals surface area contributed by atoms with Gasteiger partial charge in [-0.1, -0.05) is 6.92 Å². The summed E-state index contributed by atoms with van der Waals surface area (Å²) >= 11 is 0. The number of carbonyl (C=O) groups is 5. The van der Waals surface area contributed by atoms with Crippen LogP contribution in [0, 0.1) is 0 Å². The third-order valence-electron chi connectivity index (χ3n) is 4.55. The molecule has 0 bridgehead atoms. The summed E-state index contributed by atoms with van der Waals surface area (Å²) in [5.74, 6) is -3.65. The predicted octanol–water partition coefficient (Wildman–Crippen LogP) is 1.22. The van der Waals surface area contributed by atoms with Gasteiger partial charge >= 0.3 is 11.9 Å². The molecule has 0 saturated heterocycles. The minimum Gasteiger partial charge on any atom is -0.481 e. The van der Waals surface area contributed by atoms with Gasteiger partial charge in [-0.05, 0) is 38.0 Å². The molecule has 3 N–H and O–H groups in total. The lowest BCUT2D eigenvalue weighted by atomic mass is 10.0. The summed E-state index contributed by atoms with van der Waals surface area (Å²) in [6.45, 7) is 2.88. The van der Waals surface area contributed by atoms with Gasteiger partial charge < -0.3 is 20.3 Å². The Bertz CT molecular complexity index is 866. The van der Waals surface area contributed by atoms with Crippen LogP contribution >= 0.6 is 0 Å². The third-order valence-corrected chi connectivity index (χ3v) is 4.55. The molecule has 1 aromatic carbocycles. The highest BCUT2D eigenvalue weighted by molar-refractivity contribution is 6.06.